The van der Waals surface area contributed by atoms with E-state index in [-0.39, 0.29) is 28.4 Å². The van der Waals surface area contributed by atoms with Gasteiger partial charge in [0.25, 0.3) is 0 Å². The zero-order valence-corrected chi connectivity index (χ0v) is 11.9. The van der Waals surface area contributed by atoms with Crippen molar-refractivity contribution in [1.29, 1.82) is 5.26 Å². The van der Waals surface area contributed by atoms with Gasteiger partial charge in [0, 0.05) is 11.6 Å². The number of halogens is 1. The number of benzene rings is 1. The molecule has 0 radical (unpaired) electrons. The van der Waals surface area contributed by atoms with Crippen LogP contribution in [0.5, 0.6) is 0 Å². The van der Waals surface area contributed by atoms with Gasteiger partial charge in [-0.2, -0.15) is 9.57 Å². The third-order valence-corrected chi connectivity index (χ3v) is 5.34. The standard InChI is InChI=1S/C12H11ClN2O4S/c13-9-3-4-11(8(6-9)7-14)20(18,19)15-5-1-2-10(15)12(16)17/h3-4,6,10H,1-2,5H2,(H,16,17)/t10-/m0/s1. The highest BCUT2D eigenvalue weighted by Crippen LogP contribution is 2.29. The minimum atomic E-state index is -4.02. The molecule has 0 bridgehead atoms. The molecule has 2 rings (SSSR count). The van der Waals surface area contributed by atoms with Gasteiger partial charge in [-0.15, -0.1) is 0 Å². The van der Waals surface area contributed by atoms with Gasteiger partial charge in [0.2, 0.25) is 10.0 Å². The first-order valence-electron chi connectivity index (χ1n) is 5.82. The molecular formula is C12H11ClN2O4S. The minimum absolute atomic E-state index is 0.0893. The normalized spacial score (nSPS) is 19.7. The van der Waals surface area contributed by atoms with E-state index < -0.39 is 22.0 Å². The lowest BCUT2D eigenvalue weighted by molar-refractivity contribution is -0.140. The molecule has 6 nitrogen and oxygen atoms in total. The molecule has 0 spiro atoms. The van der Waals surface area contributed by atoms with Crippen molar-refractivity contribution in [3.8, 4) is 6.07 Å². The van der Waals surface area contributed by atoms with Crippen molar-refractivity contribution in [2.24, 2.45) is 0 Å². The predicted molar refractivity (Wildman–Crippen MR) is 70.7 cm³/mol. The highest BCUT2D eigenvalue weighted by atomic mass is 35.5. The molecule has 0 aromatic heterocycles. The Bertz CT molecular complexity index is 696. The van der Waals surface area contributed by atoms with Crippen molar-refractivity contribution in [3.05, 3.63) is 28.8 Å². The maximum absolute atomic E-state index is 12.5. The molecule has 1 heterocycles. The third-order valence-electron chi connectivity index (χ3n) is 3.14. The summed E-state index contributed by atoms with van der Waals surface area (Å²) in [6, 6.07) is 4.53. The van der Waals surface area contributed by atoms with Crippen LogP contribution in [0.25, 0.3) is 0 Å². The lowest BCUT2D eigenvalue weighted by Crippen LogP contribution is -2.40. The summed E-state index contributed by atoms with van der Waals surface area (Å²) < 4.78 is 25.9. The van der Waals surface area contributed by atoms with Crippen molar-refractivity contribution in [2.45, 2.75) is 23.8 Å². The molecule has 0 saturated carbocycles. The second kappa shape index (κ2) is 5.40. The molecule has 1 saturated heterocycles. The summed E-state index contributed by atoms with van der Waals surface area (Å²) >= 11 is 5.73. The van der Waals surface area contributed by atoms with E-state index in [4.69, 9.17) is 22.0 Å². The van der Waals surface area contributed by atoms with Gasteiger partial charge < -0.3 is 5.11 Å². The molecule has 0 unspecified atom stereocenters. The van der Waals surface area contributed by atoms with E-state index in [0.29, 0.717) is 6.42 Å². The summed E-state index contributed by atoms with van der Waals surface area (Å²) in [6.45, 7) is 0.132. The Morgan fingerprint density at radius 3 is 2.80 bits per heavy atom. The van der Waals surface area contributed by atoms with Gasteiger partial charge in [0.15, 0.2) is 0 Å². The van der Waals surface area contributed by atoms with Crippen molar-refractivity contribution in [3.63, 3.8) is 0 Å². The highest BCUT2D eigenvalue weighted by molar-refractivity contribution is 7.89. The van der Waals surface area contributed by atoms with Crippen LogP contribution in [0.15, 0.2) is 23.1 Å². The fourth-order valence-corrected chi connectivity index (χ4v) is 4.16. The van der Waals surface area contributed by atoms with Crippen LogP contribution in [-0.4, -0.2) is 36.4 Å². The number of nitriles is 1. The van der Waals surface area contributed by atoms with E-state index in [2.05, 4.69) is 0 Å². The summed E-state index contributed by atoms with van der Waals surface area (Å²) in [5.41, 5.74) is -0.0893. The topological polar surface area (TPSA) is 98.5 Å². The average Bonchev–Trinajstić information content (AvgIpc) is 2.88. The van der Waals surface area contributed by atoms with E-state index >= 15 is 0 Å². The van der Waals surface area contributed by atoms with E-state index in [1.165, 1.54) is 18.2 Å². The maximum atomic E-state index is 12.5. The molecule has 1 aromatic carbocycles. The number of carbonyl (C=O) groups is 1. The van der Waals surface area contributed by atoms with Crippen LogP contribution >= 0.6 is 11.6 Å². The van der Waals surface area contributed by atoms with Gasteiger partial charge in [0.05, 0.1) is 5.56 Å². The molecule has 1 fully saturated rings. The van der Waals surface area contributed by atoms with Crippen LogP contribution in [-0.2, 0) is 14.8 Å². The minimum Gasteiger partial charge on any atom is -0.480 e. The Morgan fingerprint density at radius 1 is 1.50 bits per heavy atom. The van der Waals surface area contributed by atoms with Gasteiger partial charge in [-0.3, -0.25) is 4.79 Å². The molecule has 1 aromatic rings. The number of aliphatic carboxylic acids is 1. The summed E-state index contributed by atoms with van der Waals surface area (Å²) in [5.74, 6) is -1.18. The van der Waals surface area contributed by atoms with Gasteiger partial charge in [-0.05, 0) is 31.0 Å². The van der Waals surface area contributed by atoms with Gasteiger partial charge in [-0.1, -0.05) is 11.6 Å². The van der Waals surface area contributed by atoms with E-state index in [0.717, 1.165) is 4.31 Å². The van der Waals surface area contributed by atoms with Crippen LogP contribution < -0.4 is 0 Å². The lowest BCUT2D eigenvalue weighted by Gasteiger charge is -2.21. The summed E-state index contributed by atoms with van der Waals surface area (Å²) in [7, 11) is -4.02. The monoisotopic (exact) mass is 314 g/mol. The zero-order valence-electron chi connectivity index (χ0n) is 10.3. The number of sulfonamides is 1. The predicted octanol–water partition coefficient (Wildman–Crippen LogP) is 1.45. The molecule has 8 heteroatoms. The van der Waals surface area contributed by atoms with E-state index in [1.54, 1.807) is 6.07 Å². The van der Waals surface area contributed by atoms with Gasteiger partial charge in [0.1, 0.15) is 17.0 Å². The van der Waals surface area contributed by atoms with Crippen molar-refractivity contribution in [1.82, 2.24) is 4.31 Å². The van der Waals surface area contributed by atoms with Crippen molar-refractivity contribution < 1.29 is 18.3 Å². The highest BCUT2D eigenvalue weighted by Gasteiger charge is 2.40. The summed E-state index contributed by atoms with van der Waals surface area (Å²) in [4.78, 5) is 10.9. The molecule has 1 aliphatic heterocycles. The second-order valence-electron chi connectivity index (χ2n) is 4.36. The number of nitrogens with zero attached hydrogens (tertiary/aromatic N) is 2. The first-order valence-corrected chi connectivity index (χ1v) is 7.64. The SMILES string of the molecule is N#Cc1cc(Cl)ccc1S(=O)(=O)N1CCC[C@H]1C(=O)O. The number of hydrogen-bond donors (Lipinski definition) is 1. The van der Waals surface area contributed by atoms with Crippen molar-refractivity contribution in [2.75, 3.05) is 6.54 Å². The van der Waals surface area contributed by atoms with E-state index in [9.17, 15) is 13.2 Å². The molecule has 1 atom stereocenters. The molecule has 20 heavy (non-hydrogen) atoms. The second-order valence-corrected chi connectivity index (χ2v) is 6.66. The average molecular weight is 315 g/mol. The Labute approximate surface area is 121 Å². The quantitative estimate of drug-likeness (QED) is 0.910. The smallest absolute Gasteiger partial charge is 0.322 e. The maximum Gasteiger partial charge on any atom is 0.322 e. The number of carboxylic acids is 1. The molecule has 1 aliphatic rings. The Morgan fingerprint density at radius 2 is 2.20 bits per heavy atom. The van der Waals surface area contributed by atoms with Crippen LogP contribution in [0.3, 0.4) is 0 Å². The van der Waals surface area contributed by atoms with Crippen LogP contribution in [0.2, 0.25) is 5.02 Å². The molecule has 0 aliphatic carbocycles. The van der Waals surface area contributed by atoms with Gasteiger partial charge >= 0.3 is 5.97 Å². The van der Waals surface area contributed by atoms with Gasteiger partial charge in [-0.25, -0.2) is 8.42 Å². The first kappa shape index (κ1) is 14.8. The van der Waals surface area contributed by atoms with Crippen molar-refractivity contribution >= 4 is 27.6 Å². The molecule has 106 valence electrons. The van der Waals surface area contributed by atoms with Crippen LogP contribution in [0, 0.1) is 11.3 Å². The summed E-state index contributed by atoms with van der Waals surface area (Å²) in [6.07, 6.45) is 0.746. The third kappa shape index (κ3) is 2.50. The first-order chi connectivity index (χ1) is 9.37. The summed E-state index contributed by atoms with van der Waals surface area (Å²) in [5, 5.41) is 18.3. The molecule has 1 N–H and O–H groups in total. The number of hydrogen-bond acceptors (Lipinski definition) is 4. The van der Waals surface area contributed by atoms with Crippen LogP contribution in [0.4, 0.5) is 0 Å². The Balaban J connectivity index is 2.51. The number of rotatable bonds is 3. The Kier molecular flexibility index (Phi) is 3.99. The molecular weight excluding hydrogens is 304 g/mol. The number of carboxylic acid groups (broad SMARTS) is 1. The van der Waals surface area contributed by atoms with Crippen LogP contribution in [0.1, 0.15) is 18.4 Å². The lowest BCUT2D eigenvalue weighted by atomic mass is 10.2. The largest absolute Gasteiger partial charge is 0.480 e. The van der Waals surface area contributed by atoms with E-state index in [1.807, 2.05) is 0 Å². The molecule has 0 amide bonds. The zero-order chi connectivity index (χ0) is 14.9. The fourth-order valence-electron chi connectivity index (χ4n) is 2.22. The Hall–Kier alpha value is -1.62. The fraction of sp³-hybridized carbons (Fsp3) is 0.333.